The molecule has 0 aromatic carbocycles. The Kier molecular flexibility index (Phi) is 9.96. The first kappa shape index (κ1) is 22.2. The highest BCUT2D eigenvalue weighted by molar-refractivity contribution is 5.81. The Morgan fingerprint density at radius 1 is 1.27 bits per heavy atom. The van der Waals surface area contributed by atoms with Crippen LogP contribution >= 0.6 is 0 Å². The zero-order valence-corrected chi connectivity index (χ0v) is 16.8. The summed E-state index contributed by atoms with van der Waals surface area (Å²) in [7, 11) is 0. The van der Waals surface area contributed by atoms with E-state index in [0.29, 0.717) is 25.9 Å². The molecule has 0 bridgehead atoms. The van der Waals surface area contributed by atoms with Crippen molar-refractivity contribution in [2.45, 2.75) is 72.8 Å². The number of nitrogens with zero attached hydrogens (tertiary/aromatic N) is 1. The van der Waals surface area contributed by atoms with E-state index in [2.05, 4.69) is 30.7 Å². The van der Waals surface area contributed by atoms with Crippen molar-refractivity contribution < 1.29 is 14.6 Å². The van der Waals surface area contributed by atoms with Gasteiger partial charge >= 0.3 is 5.97 Å². The smallest absolute Gasteiger partial charge is 0.306 e. The number of aliphatic hydroxyl groups excluding tert-OH is 1. The predicted octanol–water partition coefficient (Wildman–Crippen LogP) is 4.42. The number of carbonyl (C=O) groups is 1. The van der Waals surface area contributed by atoms with E-state index in [1.165, 1.54) is 12.8 Å². The van der Waals surface area contributed by atoms with Crippen LogP contribution in [0.5, 0.6) is 0 Å². The Morgan fingerprint density at radius 3 is 2.50 bits per heavy atom. The SMILES string of the molecule is CCC(C)CC.CCOC(=O)CCc1[nH]c2ncccc2c1CC(C)O. The monoisotopic (exact) mass is 362 g/mol. The van der Waals surface area contributed by atoms with Gasteiger partial charge in [-0.25, -0.2) is 4.98 Å². The predicted molar refractivity (Wildman–Crippen MR) is 106 cm³/mol. The molecule has 2 heterocycles. The Balaban J connectivity index is 0.000000487. The topological polar surface area (TPSA) is 75.2 Å². The molecule has 0 saturated carbocycles. The molecule has 0 radical (unpaired) electrons. The lowest BCUT2D eigenvalue weighted by molar-refractivity contribution is -0.143. The van der Waals surface area contributed by atoms with Crippen LogP contribution in [-0.2, 0) is 22.4 Å². The van der Waals surface area contributed by atoms with E-state index in [-0.39, 0.29) is 5.97 Å². The van der Waals surface area contributed by atoms with Gasteiger partial charge in [-0.05, 0) is 43.9 Å². The van der Waals surface area contributed by atoms with Crippen LogP contribution in [0.3, 0.4) is 0 Å². The summed E-state index contributed by atoms with van der Waals surface area (Å²) in [5, 5.41) is 10.7. The molecule has 1 unspecified atom stereocenters. The van der Waals surface area contributed by atoms with Crippen LogP contribution in [0.2, 0.25) is 0 Å². The second-order valence-electron chi connectivity index (χ2n) is 6.76. The van der Waals surface area contributed by atoms with Crippen molar-refractivity contribution in [2.75, 3.05) is 6.61 Å². The maximum Gasteiger partial charge on any atom is 0.306 e. The summed E-state index contributed by atoms with van der Waals surface area (Å²) in [4.78, 5) is 19.0. The van der Waals surface area contributed by atoms with Gasteiger partial charge in [0.25, 0.3) is 0 Å². The summed E-state index contributed by atoms with van der Waals surface area (Å²) in [5.74, 6) is 0.729. The number of aromatic amines is 1. The minimum Gasteiger partial charge on any atom is -0.466 e. The lowest BCUT2D eigenvalue weighted by Crippen LogP contribution is -2.09. The summed E-state index contributed by atoms with van der Waals surface area (Å²) >= 11 is 0. The largest absolute Gasteiger partial charge is 0.466 e. The number of rotatable bonds is 8. The van der Waals surface area contributed by atoms with Gasteiger partial charge in [0, 0.05) is 23.7 Å². The van der Waals surface area contributed by atoms with Gasteiger partial charge in [0.15, 0.2) is 0 Å². The zero-order valence-electron chi connectivity index (χ0n) is 16.8. The van der Waals surface area contributed by atoms with Gasteiger partial charge in [0.1, 0.15) is 5.65 Å². The molecular weight excluding hydrogens is 328 g/mol. The normalized spacial score (nSPS) is 12.0. The van der Waals surface area contributed by atoms with Crippen LogP contribution in [-0.4, -0.2) is 33.8 Å². The minimum absolute atomic E-state index is 0.206. The first-order valence-corrected chi connectivity index (χ1v) is 9.70. The van der Waals surface area contributed by atoms with Gasteiger partial charge < -0.3 is 14.8 Å². The number of nitrogens with one attached hydrogen (secondary N) is 1. The van der Waals surface area contributed by atoms with Crippen molar-refractivity contribution in [3.8, 4) is 0 Å². The average Bonchev–Trinajstić information content (AvgIpc) is 2.97. The molecule has 0 aliphatic rings. The van der Waals surface area contributed by atoms with E-state index >= 15 is 0 Å². The standard InChI is InChI=1S/C15H20N2O3.C6H14/c1-3-20-14(19)7-6-13-12(9-10(2)18)11-5-4-8-16-15(11)17-13;1-4-6(3)5-2/h4-5,8,10,18H,3,6-7,9H2,1-2H3,(H,16,17);6H,4-5H2,1-3H3. The highest BCUT2D eigenvalue weighted by Gasteiger charge is 2.15. The van der Waals surface area contributed by atoms with Crippen LogP contribution in [0.25, 0.3) is 11.0 Å². The highest BCUT2D eigenvalue weighted by atomic mass is 16.5. The number of hydrogen-bond acceptors (Lipinski definition) is 4. The van der Waals surface area contributed by atoms with Crippen molar-refractivity contribution in [3.05, 3.63) is 29.6 Å². The van der Waals surface area contributed by atoms with Crippen LogP contribution in [0, 0.1) is 5.92 Å². The summed E-state index contributed by atoms with van der Waals surface area (Å²) in [6.07, 6.45) is 5.39. The number of hydrogen-bond donors (Lipinski definition) is 2. The number of fused-ring (bicyclic) bond motifs is 1. The average molecular weight is 363 g/mol. The molecule has 5 heteroatoms. The lowest BCUT2D eigenvalue weighted by Gasteiger charge is -2.07. The third kappa shape index (κ3) is 7.16. The van der Waals surface area contributed by atoms with E-state index in [0.717, 1.165) is 28.2 Å². The van der Waals surface area contributed by atoms with E-state index in [4.69, 9.17) is 4.74 Å². The minimum atomic E-state index is -0.435. The molecule has 2 N–H and O–H groups in total. The molecule has 0 aliphatic heterocycles. The second kappa shape index (κ2) is 11.7. The number of esters is 1. The van der Waals surface area contributed by atoms with Crippen LogP contribution < -0.4 is 0 Å². The first-order chi connectivity index (χ1) is 12.4. The van der Waals surface area contributed by atoms with Crippen molar-refractivity contribution in [1.82, 2.24) is 9.97 Å². The molecule has 26 heavy (non-hydrogen) atoms. The Bertz CT molecular complexity index is 660. The van der Waals surface area contributed by atoms with Crippen LogP contribution in [0.4, 0.5) is 0 Å². The van der Waals surface area contributed by atoms with Gasteiger partial charge in [0.2, 0.25) is 0 Å². The molecular formula is C21H34N2O3. The number of H-pyrrole nitrogens is 1. The fraction of sp³-hybridized carbons (Fsp3) is 0.619. The van der Waals surface area contributed by atoms with E-state index in [9.17, 15) is 9.90 Å². The van der Waals surface area contributed by atoms with Crippen molar-refractivity contribution in [2.24, 2.45) is 5.92 Å². The molecule has 146 valence electrons. The Hall–Kier alpha value is -1.88. The third-order valence-electron chi connectivity index (χ3n) is 4.54. The van der Waals surface area contributed by atoms with Crippen LogP contribution in [0.15, 0.2) is 18.3 Å². The first-order valence-electron chi connectivity index (χ1n) is 9.70. The second-order valence-corrected chi connectivity index (χ2v) is 6.76. The number of aromatic nitrogens is 2. The van der Waals surface area contributed by atoms with Gasteiger partial charge in [-0.2, -0.15) is 0 Å². The lowest BCUT2D eigenvalue weighted by atomic mass is 10.0. The highest BCUT2D eigenvalue weighted by Crippen LogP contribution is 2.23. The Labute approximate surface area is 157 Å². The summed E-state index contributed by atoms with van der Waals surface area (Å²) in [5.41, 5.74) is 2.78. The fourth-order valence-corrected chi connectivity index (χ4v) is 2.62. The number of aryl methyl sites for hydroxylation is 1. The third-order valence-corrected chi connectivity index (χ3v) is 4.54. The zero-order chi connectivity index (χ0) is 19.5. The molecule has 0 spiro atoms. The molecule has 0 aliphatic carbocycles. The summed E-state index contributed by atoms with van der Waals surface area (Å²) < 4.78 is 4.94. The molecule has 1 atom stereocenters. The number of carbonyl (C=O) groups excluding carboxylic acids is 1. The number of aliphatic hydroxyl groups is 1. The molecule has 0 amide bonds. The Morgan fingerprint density at radius 2 is 1.96 bits per heavy atom. The van der Waals surface area contributed by atoms with Gasteiger partial charge in [0.05, 0.1) is 19.1 Å². The number of ether oxygens (including phenoxy) is 1. The van der Waals surface area contributed by atoms with E-state index in [1.54, 1.807) is 20.0 Å². The molecule has 2 aromatic heterocycles. The van der Waals surface area contributed by atoms with E-state index in [1.807, 2.05) is 12.1 Å². The summed E-state index contributed by atoms with van der Waals surface area (Å²) in [6.45, 7) is 10.7. The molecule has 5 nitrogen and oxygen atoms in total. The van der Waals surface area contributed by atoms with Crippen molar-refractivity contribution in [3.63, 3.8) is 0 Å². The van der Waals surface area contributed by atoms with Gasteiger partial charge in [-0.15, -0.1) is 0 Å². The van der Waals surface area contributed by atoms with Gasteiger partial charge in [-0.3, -0.25) is 4.79 Å². The fourth-order valence-electron chi connectivity index (χ4n) is 2.62. The maximum absolute atomic E-state index is 11.5. The van der Waals surface area contributed by atoms with Gasteiger partial charge in [-0.1, -0.05) is 33.6 Å². The van der Waals surface area contributed by atoms with Crippen molar-refractivity contribution >= 4 is 17.0 Å². The number of pyridine rings is 1. The van der Waals surface area contributed by atoms with Crippen molar-refractivity contribution in [1.29, 1.82) is 0 Å². The maximum atomic E-state index is 11.5. The molecule has 2 rings (SSSR count). The molecule has 2 aromatic rings. The van der Waals surface area contributed by atoms with Crippen LogP contribution in [0.1, 0.15) is 65.1 Å². The molecule has 0 fully saturated rings. The quantitative estimate of drug-likeness (QED) is 0.682. The van der Waals surface area contributed by atoms with E-state index < -0.39 is 6.10 Å². The molecule has 0 saturated heterocycles. The summed E-state index contributed by atoms with van der Waals surface area (Å²) in [6, 6.07) is 3.85.